The molecule has 0 aliphatic rings. The zero-order valence-corrected chi connectivity index (χ0v) is 13.1. The molecule has 108 valence electrons. The van der Waals surface area contributed by atoms with E-state index >= 15 is 0 Å². The topological polar surface area (TPSA) is 33.5 Å². The van der Waals surface area contributed by atoms with Crippen LogP contribution in [0.1, 0.15) is 39.2 Å². The third-order valence-electron chi connectivity index (χ3n) is 3.27. The number of benzene rings is 1. The summed E-state index contributed by atoms with van der Waals surface area (Å²) in [5.41, 5.74) is 2.18. The lowest BCUT2D eigenvalue weighted by Gasteiger charge is -2.15. The van der Waals surface area contributed by atoms with E-state index in [2.05, 4.69) is 45.1 Å². The molecule has 1 rings (SSSR count). The van der Waals surface area contributed by atoms with Crippen molar-refractivity contribution in [2.24, 2.45) is 0 Å². The number of likely N-dealkylation sites (N-methyl/N-ethyl adjacent to an activating group) is 1. The second kappa shape index (κ2) is 8.94. The SMILES string of the molecule is CC[NH+](CC)CC(=O)Nc1ccc(C(C)C)cc1.[Cl-]. The maximum atomic E-state index is 11.8. The van der Waals surface area contributed by atoms with E-state index in [1.807, 2.05) is 12.1 Å². The van der Waals surface area contributed by atoms with Gasteiger partial charge in [0, 0.05) is 5.69 Å². The Balaban J connectivity index is 0.00000324. The summed E-state index contributed by atoms with van der Waals surface area (Å²) in [4.78, 5) is 13.1. The molecular formula is C15H25ClN2O. The fourth-order valence-electron chi connectivity index (χ4n) is 1.88. The smallest absolute Gasteiger partial charge is 0.279 e. The van der Waals surface area contributed by atoms with Crippen LogP contribution < -0.4 is 22.6 Å². The van der Waals surface area contributed by atoms with Crippen LogP contribution in [0.5, 0.6) is 0 Å². The van der Waals surface area contributed by atoms with Crippen molar-refractivity contribution >= 4 is 11.6 Å². The van der Waals surface area contributed by atoms with E-state index in [1.165, 1.54) is 10.5 Å². The molecule has 0 radical (unpaired) electrons. The monoisotopic (exact) mass is 284 g/mol. The van der Waals surface area contributed by atoms with Crippen LogP contribution in [0.3, 0.4) is 0 Å². The number of hydrogen-bond acceptors (Lipinski definition) is 1. The summed E-state index contributed by atoms with van der Waals surface area (Å²) in [5, 5.41) is 2.95. The molecule has 0 aromatic heterocycles. The van der Waals surface area contributed by atoms with Gasteiger partial charge in [-0.15, -0.1) is 0 Å². The summed E-state index contributed by atoms with van der Waals surface area (Å²) in [6.07, 6.45) is 0. The summed E-state index contributed by atoms with van der Waals surface area (Å²) in [6.45, 7) is 11.0. The molecule has 0 aliphatic carbocycles. The predicted octanol–water partition coefficient (Wildman–Crippen LogP) is -1.32. The molecule has 0 heterocycles. The maximum absolute atomic E-state index is 11.8. The van der Waals surface area contributed by atoms with Crippen LogP contribution in [-0.2, 0) is 4.79 Å². The van der Waals surface area contributed by atoms with Crippen molar-refractivity contribution < 1.29 is 22.1 Å². The molecule has 0 aliphatic heterocycles. The second-order valence-electron chi connectivity index (χ2n) is 4.96. The van der Waals surface area contributed by atoms with Crippen LogP contribution in [0.2, 0.25) is 0 Å². The summed E-state index contributed by atoms with van der Waals surface area (Å²) in [6, 6.07) is 8.10. The highest BCUT2D eigenvalue weighted by Crippen LogP contribution is 2.16. The van der Waals surface area contributed by atoms with Crippen molar-refractivity contribution in [2.75, 3.05) is 25.0 Å². The Bertz CT molecular complexity index is 372. The van der Waals surface area contributed by atoms with Crippen molar-refractivity contribution in [3.05, 3.63) is 29.8 Å². The van der Waals surface area contributed by atoms with Crippen molar-refractivity contribution in [3.8, 4) is 0 Å². The minimum absolute atomic E-state index is 0. The van der Waals surface area contributed by atoms with Crippen LogP contribution >= 0.6 is 0 Å². The van der Waals surface area contributed by atoms with Gasteiger partial charge in [-0.2, -0.15) is 0 Å². The van der Waals surface area contributed by atoms with Gasteiger partial charge in [-0.1, -0.05) is 26.0 Å². The molecule has 0 spiro atoms. The van der Waals surface area contributed by atoms with Crippen LogP contribution in [0.25, 0.3) is 0 Å². The average molecular weight is 285 g/mol. The highest BCUT2D eigenvalue weighted by Gasteiger charge is 2.10. The Hall–Kier alpha value is -1.06. The summed E-state index contributed by atoms with van der Waals surface area (Å²) in [7, 11) is 0. The molecule has 3 nitrogen and oxygen atoms in total. The van der Waals surface area contributed by atoms with E-state index in [0.717, 1.165) is 18.8 Å². The lowest BCUT2D eigenvalue weighted by molar-refractivity contribution is -0.888. The van der Waals surface area contributed by atoms with Gasteiger partial charge in [-0.3, -0.25) is 4.79 Å². The fourth-order valence-corrected chi connectivity index (χ4v) is 1.88. The van der Waals surface area contributed by atoms with Gasteiger partial charge < -0.3 is 22.6 Å². The second-order valence-corrected chi connectivity index (χ2v) is 4.96. The Kier molecular flexibility index (Phi) is 8.44. The first kappa shape index (κ1) is 17.9. The minimum atomic E-state index is 0. The Morgan fingerprint density at radius 2 is 1.68 bits per heavy atom. The highest BCUT2D eigenvalue weighted by molar-refractivity contribution is 5.91. The first-order valence-corrected chi connectivity index (χ1v) is 6.80. The van der Waals surface area contributed by atoms with Gasteiger partial charge in [0.25, 0.3) is 5.91 Å². The molecule has 19 heavy (non-hydrogen) atoms. The number of halogens is 1. The number of rotatable bonds is 6. The van der Waals surface area contributed by atoms with Gasteiger partial charge in [0.1, 0.15) is 0 Å². The van der Waals surface area contributed by atoms with Gasteiger partial charge in [0.15, 0.2) is 6.54 Å². The molecular weight excluding hydrogens is 260 g/mol. The number of hydrogen-bond donors (Lipinski definition) is 2. The van der Waals surface area contributed by atoms with Crippen LogP contribution in [-0.4, -0.2) is 25.5 Å². The molecule has 0 bridgehead atoms. The minimum Gasteiger partial charge on any atom is -1.00 e. The van der Waals surface area contributed by atoms with Crippen molar-refractivity contribution in [2.45, 2.75) is 33.6 Å². The number of amides is 1. The van der Waals surface area contributed by atoms with Gasteiger partial charge >= 0.3 is 0 Å². The Labute approximate surface area is 122 Å². The molecule has 1 aromatic carbocycles. The molecule has 0 fully saturated rings. The Morgan fingerprint density at radius 3 is 2.11 bits per heavy atom. The zero-order chi connectivity index (χ0) is 13.5. The maximum Gasteiger partial charge on any atom is 0.279 e. The molecule has 0 unspecified atom stereocenters. The standard InChI is InChI=1S/C15H24N2O.ClH/c1-5-17(6-2)11-15(18)16-14-9-7-13(8-10-14)12(3)4;/h7-10,12H,5-6,11H2,1-4H3,(H,16,18);1H. The normalized spacial score (nSPS) is 10.4. The predicted molar refractivity (Wildman–Crippen MR) is 76.1 cm³/mol. The van der Waals surface area contributed by atoms with Crippen molar-refractivity contribution in [1.82, 2.24) is 0 Å². The number of quaternary nitrogens is 1. The molecule has 0 saturated heterocycles. The third-order valence-corrected chi connectivity index (χ3v) is 3.27. The zero-order valence-electron chi connectivity index (χ0n) is 12.3. The molecule has 1 aromatic rings. The van der Waals surface area contributed by atoms with E-state index in [0.29, 0.717) is 12.5 Å². The molecule has 1 amide bonds. The van der Waals surface area contributed by atoms with E-state index in [1.54, 1.807) is 0 Å². The number of anilines is 1. The lowest BCUT2D eigenvalue weighted by Crippen LogP contribution is -3.12. The van der Waals surface area contributed by atoms with Crippen molar-refractivity contribution in [1.29, 1.82) is 0 Å². The van der Waals surface area contributed by atoms with E-state index in [4.69, 9.17) is 0 Å². The van der Waals surface area contributed by atoms with Gasteiger partial charge in [-0.25, -0.2) is 0 Å². The highest BCUT2D eigenvalue weighted by atomic mass is 35.5. The molecule has 0 atom stereocenters. The van der Waals surface area contributed by atoms with Crippen LogP contribution in [0.4, 0.5) is 5.69 Å². The number of nitrogens with one attached hydrogen (secondary N) is 2. The molecule has 0 saturated carbocycles. The van der Waals surface area contributed by atoms with E-state index in [-0.39, 0.29) is 18.3 Å². The molecule has 4 heteroatoms. The largest absolute Gasteiger partial charge is 1.00 e. The summed E-state index contributed by atoms with van der Waals surface area (Å²) < 4.78 is 0. The van der Waals surface area contributed by atoms with Gasteiger partial charge in [-0.05, 0) is 37.5 Å². The summed E-state index contributed by atoms with van der Waals surface area (Å²) >= 11 is 0. The first-order valence-electron chi connectivity index (χ1n) is 6.80. The van der Waals surface area contributed by atoms with E-state index < -0.39 is 0 Å². The van der Waals surface area contributed by atoms with E-state index in [9.17, 15) is 4.79 Å². The van der Waals surface area contributed by atoms with Crippen molar-refractivity contribution in [3.63, 3.8) is 0 Å². The number of carbonyl (C=O) groups excluding carboxylic acids is 1. The average Bonchev–Trinajstić information content (AvgIpc) is 2.36. The third kappa shape index (κ3) is 6.08. The number of carbonyl (C=O) groups is 1. The quantitative estimate of drug-likeness (QED) is 0.667. The summed E-state index contributed by atoms with van der Waals surface area (Å²) in [5.74, 6) is 0.612. The van der Waals surface area contributed by atoms with Gasteiger partial charge in [0.2, 0.25) is 0 Å². The van der Waals surface area contributed by atoms with Gasteiger partial charge in [0.05, 0.1) is 13.1 Å². The first-order chi connectivity index (χ1) is 8.56. The van der Waals surface area contributed by atoms with Crippen LogP contribution in [0.15, 0.2) is 24.3 Å². The Morgan fingerprint density at radius 1 is 1.16 bits per heavy atom. The van der Waals surface area contributed by atoms with Crippen LogP contribution in [0, 0.1) is 0 Å². The molecule has 2 N–H and O–H groups in total. The lowest BCUT2D eigenvalue weighted by atomic mass is 10.0. The fraction of sp³-hybridized carbons (Fsp3) is 0.533.